The first-order valence-electron chi connectivity index (χ1n) is 5.36. The Labute approximate surface area is 105 Å². The quantitative estimate of drug-likeness (QED) is 0.657. The van der Waals surface area contributed by atoms with Crippen LogP contribution in [0.2, 0.25) is 0 Å². The molecule has 0 aliphatic carbocycles. The number of nitrogens with two attached hydrogens (primary N) is 1. The molecule has 0 heterocycles. The largest absolute Gasteiger partial charge is 0.404 e. The summed E-state index contributed by atoms with van der Waals surface area (Å²) in [6, 6.07) is 2.91. The zero-order valence-electron chi connectivity index (χ0n) is 10.7. The van der Waals surface area contributed by atoms with Crippen LogP contribution in [0.1, 0.15) is 27.7 Å². The Hall–Kier alpha value is -2.22. The molecule has 1 aromatic carbocycles. The van der Waals surface area contributed by atoms with E-state index in [2.05, 4.69) is 4.84 Å². The molecule has 0 aromatic heterocycles. The van der Waals surface area contributed by atoms with Crippen LogP contribution in [-0.2, 0) is 0 Å². The lowest BCUT2D eigenvalue weighted by atomic mass is 10.2. The van der Waals surface area contributed by atoms with E-state index in [1.807, 2.05) is 27.7 Å². The van der Waals surface area contributed by atoms with Crippen molar-refractivity contribution >= 4 is 11.4 Å². The molecule has 2 N–H and O–H groups in total. The summed E-state index contributed by atoms with van der Waals surface area (Å²) in [5.74, 6) is 4.52. The molecule has 0 amide bonds. The van der Waals surface area contributed by atoms with Gasteiger partial charge in [-0.2, -0.15) is 5.90 Å². The molecule has 102 valence electrons. The van der Waals surface area contributed by atoms with Crippen LogP contribution < -0.4 is 10.7 Å². The van der Waals surface area contributed by atoms with E-state index in [1.165, 1.54) is 0 Å². The molecular weight excluding hydrogens is 242 g/mol. The maximum Gasteiger partial charge on any atom is 0.320 e. The number of nitro benzene ring substituents is 2. The third kappa shape index (κ3) is 5.21. The lowest BCUT2D eigenvalue weighted by Gasteiger charge is -1.99. The fourth-order valence-electron chi connectivity index (χ4n) is 0.862. The minimum atomic E-state index is -0.810. The van der Waals surface area contributed by atoms with Crippen molar-refractivity contribution in [3.63, 3.8) is 0 Å². The molecule has 1 rings (SSSR count). The molecule has 0 atom stereocenters. The summed E-state index contributed by atoms with van der Waals surface area (Å²) in [6.45, 7) is 8.00. The van der Waals surface area contributed by atoms with E-state index in [1.54, 1.807) is 0 Å². The molecule has 0 fully saturated rings. The minimum absolute atomic E-state index is 0.222. The first-order chi connectivity index (χ1) is 8.56. The monoisotopic (exact) mass is 259 g/mol. The van der Waals surface area contributed by atoms with Crippen LogP contribution in [0.15, 0.2) is 18.2 Å². The maximum atomic E-state index is 10.4. The second-order valence-electron chi connectivity index (χ2n) is 2.28. The third-order valence-corrected chi connectivity index (χ3v) is 1.48. The Morgan fingerprint density at radius 2 is 1.56 bits per heavy atom. The van der Waals surface area contributed by atoms with Gasteiger partial charge in [0.15, 0.2) is 0 Å². The SMILES string of the molecule is CC.CC.NOc1ccc([N+](=O)[O-])cc1[N+](=O)[O-]. The fourth-order valence-corrected chi connectivity index (χ4v) is 0.862. The number of benzene rings is 1. The summed E-state index contributed by atoms with van der Waals surface area (Å²) in [6.07, 6.45) is 0. The number of hydrogen-bond donors (Lipinski definition) is 1. The van der Waals surface area contributed by atoms with E-state index in [0.717, 1.165) is 18.2 Å². The Morgan fingerprint density at radius 3 is 1.89 bits per heavy atom. The van der Waals surface area contributed by atoms with Gasteiger partial charge in [-0.25, -0.2) is 0 Å². The molecule has 8 heteroatoms. The average molecular weight is 259 g/mol. The number of nitro groups is 2. The van der Waals surface area contributed by atoms with Crippen LogP contribution in [0.4, 0.5) is 11.4 Å². The van der Waals surface area contributed by atoms with E-state index in [4.69, 9.17) is 5.90 Å². The molecule has 8 nitrogen and oxygen atoms in total. The molecule has 0 radical (unpaired) electrons. The number of non-ortho nitro benzene ring substituents is 1. The third-order valence-electron chi connectivity index (χ3n) is 1.48. The van der Waals surface area contributed by atoms with Crippen molar-refractivity contribution in [2.45, 2.75) is 27.7 Å². The van der Waals surface area contributed by atoms with Gasteiger partial charge in [0.05, 0.1) is 15.9 Å². The van der Waals surface area contributed by atoms with Gasteiger partial charge in [-0.3, -0.25) is 20.2 Å². The van der Waals surface area contributed by atoms with Gasteiger partial charge >= 0.3 is 5.69 Å². The topological polar surface area (TPSA) is 122 Å². The van der Waals surface area contributed by atoms with E-state index in [9.17, 15) is 20.2 Å². The van der Waals surface area contributed by atoms with Crippen molar-refractivity contribution in [2.24, 2.45) is 5.90 Å². The molecule has 1 aromatic rings. The summed E-state index contributed by atoms with van der Waals surface area (Å²) >= 11 is 0. The first-order valence-corrected chi connectivity index (χ1v) is 5.36. The Bertz CT molecular complexity index is 395. The van der Waals surface area contributed by atoms with Crippen molar-refractivity contribution < 1.29 is 14.7 Å². The fraction of sp³-hybridized carbons (Fsp3) is 0.400. The van der Waals surface area contributed by atoms with E-state index < -0.39 is 21.2 Å². The number of nitrogens with zero attached hydrogens (tertiary/aromatic N) is 2. The van der Waals surface area contributed by atoms with E-state index >= 15 is 0 Å². The molecule has 0 bridgehead atoms. The lowest BCUT2D eigenvalue weighted by molar-refractivity contribution is -0.394. The van der Waals surface area contributed by atoms with Crippen molar-refractivity contribution in [1.82, 2.24) is 0 Å². The second-order valence-corrected chi connectivity index (χ2v) is 2.28. The van der Waals surface area contributed by atoms with Gasteiger partial charge in [0.2, 0.25) is 5.75 Å². The van der Waals surface area contributed by atoms with Gasteiger partial charge in [-0.05, 0) is 6.07 Å². The van der Waals surface area contributed by atoms with Crippen LogP contribution in [0.25, 0.3) is 0 Å². The second kappa shape index (κ2) is 9.97. The number of rotatable bonds is 3. The smallest absolute Gasteiger partial charge is 0.320 e. The van der Waals surface area contributed by atoms with Gasteiger partial charge in [-0.15, -0.1) is 0 Å². The summed E-state index contributed by atoms with van der Waals surface area (Å²) in [4.78, 5) is 23.3. The van der Waals surface area contributed by atoms with Crippen molar-refractivity contribution in [3.05, 3.63) is 38.4 Å². The molecule has 0 saturated carbocycles. The molecule has 0 aliphatic rings. The zero-order valence-corrected chi connectivity index (χ0v) is 10.7. The van der Waals surface area contributed by atoms with Crippen molar-refractivity contribution in [1.29, 1.82) is 0 Å². The van der Waals surface area contributed by atoms with Crippen LogP contribution >= 0.6 is 0 Å². The molecule has 0 aliphatic heterocycles. The summed E-state index contributed by atoms with van der Waals surface area (Å²) in [5.41, 5.74) is -0.931. The highest BCUT2D eigenvalue weighted by molar-refractivity contribution is 5.53. The normalized spacial score (nSPS) is 8.06. The standard InChI is InChI=1S/C6H5N3O5.2C2H6/c7-14-6-2-1-4(8(10)11)3-5(6)9(12)13;2*1-2/h1-3H,7H2;2*1-2H3. The highest BCUT2D eigenvalue weighted by atomic mass is 16.6. The van der Waals surface area contributed by atoms with Gasteiger partial charge in [-0.1, -0.05) is 27.7 Å². The maximum absolute atomic E-state index is 10.4. The van der Waals surface area contributed by atoms with E-state index in [-0.39, 0.29) is 5.75 Å². The van der Waals surface area contributed by atoms with Gasteiger partial charge in [0, 0.05) is 6.07 Å². The average Bonchev–Trinajstić information content (AvgIpc) is 2.42. The molecule has 0 saturated heterocycles. The van der Waals surface area contributed by atoms with Crippen LogP contribution in [0.3, 0.4) is 0 Å². The highest BCUT2D eigenvalue weighted by Crippen LogP contribution is 2.29. The predicted octanol–water partition coefficient (Wildman–Crippen LogP) is 2.81. The van der Waals surface area contributed by atoms with Crippen LogP contribution in [0, 0.1) is 20.2 Å². The highest BCUT2D eigenvalue weighted by Gasteiger charge is 2.20. The van der Waals surface area contributed by atoms with Gasteiger partial charge < -0.3 is 4.84 Å². The summed E-state index contributed by atoms with van der Waals surface area (Å²) in [7, 11) is 0. The number of hydrogen-bond acceptors (Lipinski definition) is 6. The first kappa shape index (κ1) is 18.2. The van der Waals surface area contributed by atoms with E-state index in [0.29, 0.717) is 0 Å². The van der Waals surface area contributed by atoms with Crippen molar-refractivity contribution in [2.75, 3.05) is 0 Å². The molecule has 18 heavy (non-hydrogen) atoms. The van der Waals surface area contributed by atoms with Crippen LogP contribution in [0.5, 0.6) is 5.75 Å². The summed E-state index contributed by atoms with van der Waals surface area (Å²) in [5, 5.41) is 20.7. The minimum Gasteiger partial charge on any atom is -0.404 e. The molecule has 0 unspecified atom stereocenters. The Morgan fingerprint density at radius 1 is 1.06 bits per heavy atom. The van der Waals surface area contributed by atoms with Gasteiger partial charge in [0.1, 0.15) is 0 Å². The predicted molar refractivity (Wildman–Crippen MR) is 67.3 cm³/mol. The Balaban J connectivity index is 0. The van der Waals surface area contributed by atoms with Crippen LogP contribution in [-0.4, -0.2) is 9.85 Å². The molecular formula is C10H17N3O5. The Kier molecular flexibility index (Phi) is 10.1. The molecule has 0 spiro atoms. The zero-order chi connectivity index (χ0) is 14.7. The summed E-state index contributed by atoms with van der Waals surface area (Å²) < 4.78 is 0. The van der Waals surface area contributed by atoms with Gasteiger partial charge in [0.25, 0.3) is 5.69 Å². The van der Waals surface area contributed by atoms with Crippen molar-refractivity contribution in [3.8, 4) is 5.75 Å². The lowest BCUT2D eigenvalue weighted by Crippen LogP contribution is -2.05.